The molecule has 1 fully saturated rings. The van der Waals surface area contributed by atoms with Crippen molar-refractivity contribution in [3.63, 3.8) is 0 Å². The summed E-state index contributed by atoms with van der Waals surface area (Å²) in [4.78, 5) is 0.139. The molecule has 0 bridgehead atoms. The van der Waals surface area contributed by atoms with E-state index in [0.717, 1.165) is 24.9 Å². The van der Waals surface area contributed by atoms with Crippen molar-refractivity contribution < 1.29 is 13.5 Å². The number of thiocarbonyl (C=S) groups is 1. The number of aryl methyl sites for hydroxylation is 1. The maximum Gasteiger partial charge on any atom is 0.243 e. The van der Waals surface area contributed by atoms with Gasteiger partial charge in [-0.1, -0.05) is 19.1 Å². The largest absolute Gasteiger partial charge is 0.506 e. The van der Waals surface area contributed by atoms with E-state index in [1.54, 1.807) is 0 Å². The summed E-state index contributed by atoms with van der Waals surface area (Å²) in [6, 6.07) is 12.0. The van der Waals surface area contributed by atoms with E-state index in [1.165, 1.54) is 28.1 Å². The first-order valence-corrected chi connectivity index (χ1v) is 10.7. The fraction of sp³-hybridized carbons (Fsp3) is 0.316. The van der Waals surface area contributed by atoms with Crippen LogP contribution in [-0.4, -0.2) is 36.0 Å². The molecule has 27 heavy (non-hydrogen) atoms. The SMILES string of the molecule is CCc1cccc(NC(=S)Nc2cc(S(=O)(=O)N3CCCC3)ccc2O)c1. The Morgan fingerprint density at radius 2 is 1.89 bits per heavy atom. The van der Waals surface area contributed by atoms with Crippen molar-refractivity contribution in [2.24, 2.45) is 0 Å². The third-order valence-corrected chi connectivity index (χ3v) is 6.61. The molecule has 8 heteroatoms. The van der Waals surface area contributed by atoms with E-state index >= 15 is 0 Å². The summed E-state index contributed by atoms with van der Waals surface area (Å²) >= 11 is 5.31. The first kappa shape index (κ1) is 19.6. The summed E-state index contributed by atoms with van der Waals surface area (Å²) in [5, 5.41) is 16.3. The number of phenolic OH excluding ortho intramolecular Hbond substituents is 1. The molecule has 2 aromatic rings. The molecule has 0 aliphatic carbocycles. The highest BCUT2D eigenvalue weighted by Gasteiger charge is 2.27. The van der Waals surface area contributed by atoms with E-state index in [4.69, 9.17) is 12.2 Å². The first-order chi connectivity index (χ1) is 12.9. The van der Waals surface area contributed by atoms with Crippen molar-refractivity contribution in [2.45, 2.75) is 31.1 Å². The number of anilines is 2. The molecule has 3 rings (SSSR count). The molecule has 1 aliphatic heterocycles. The van der Waals surface area contributed by atoms with Crippen molar-refractivity contribution in [3.8, 4) is 5.75 Å². The molecule has 0 saturated carbocycles. The first-order valence-electron chi connectivity index (χ1n) is 8.90. The van der Waals surface area contributed by atoms with Gasteiger partial charge >= 0.3 is 0 Å². The van der Waals surface area contributed by atoms with Crippen LogP contribution in [-0.2, 0) is 16.4 Å². The van der Waals surface area contributed by atoms with Gasteiger partial charge in [-0.2, -0.15) is 4.31 Å². The van der Waals surface area contributed by atoms with Crippen LogP contribution in [0.2, 0.25) is 0 Å². The van der Waals surface area contributed by atoms with Crippen LogP contribution in [0.4, 0.5) is 11.4 Å². The van der Waals surface area contributed by atoms with Gasteiger partial charge in [-0.3, -0.25) is 0 Å². The molecule has 6 nitrogen and oxygen atoms in total. The number of benzene rings is 2. The smallest absolute Gasteiger partial charge is 0.243 e. The molecule has 0 spiro atoms. The van der Waals surface area contributed by atoms with E-state index in [1.807, 2.05) is 24.3 Å². The Morgan fingerprint density at radius 3 is 2.59 bits per heavy atom. The highest BCUT2D eigenvalue weighted by Crippen LogP contribution is 2.29. The average Bonchev–Trinajstić information content (AvgIpc) is 3.19. The van der Waals surface area contributed by atoms with Gasteiger partial charge in [0, 0.05) is 18.8 Å². The van der Waals surface area contributed by atoms with E-state index in [2.05, 4.69) is 17.6 Å². The number of nitrogens with one attached hydrogen (secondary N) is 2. The average molecular weight is 406 g/mol. The molecule has 3 N–H and O–H groups in total. The van der Waals surface area contributed by atoms with Crippen LogP contribution in [0, 0.1) is 0 Å². The highest BCUT2D eigenvalue weighted by atomic mass is 32.2. The van der Waals surface area contributed by atoms with Crippen LogP contribution < -0.4 is 10.6 Å². The molecule has 0 atom stereocenters. The Hall–Kier alpha value is -2.16. The topological polar surface area (TPSA) is 81.7 Å². The molecule has 144 valence electrons. The van der Waals surface area contributed by atoms with E-state index in [0.29, 0.717) is 13.1 Å². The van der Waals surface area contributed by atoms with E-state index < -0.39 is 10.0 Å². The Balaban J connectivity index is 1.77. The summed E-state index contributed by atoms with van der Waals surface area (Å²) in [6.45, 7) is 3.12. The zero-order valence-corrected chi connectivity index (χ0v) is 16.7. The van der Waals surface area contributed by atoms with Gasteiger partial charge in [0.1, 0.15) is 5.75 Å². The van der Waals surface area contributed by atoms with Gasteiger partial charge < -0.3 is 15.7 Å². The molecule has 0 radical (unpaired) electrons. The molecule has 0 aromatic heterocycles. The van der Waals surface area contributed by atoms with Crippen molar-refractivity contribution in [1.82, 2.24) is 4.31 Å². The molecular formula is C19H23N3O3S2. The predicted octanol–water partition coefficient (Wildman–Crippen LogP) is 3.55. The van der Waals surface area contributed by atoms with Crippen LogP contribution in [0.25, 0.3) is 0 Å². The maximum absolute atomic E-state index is 12.7. The quantitative estimate of drug-likeness (QED) is 0.521. The standard InChI is InChI=1S/C19H23N3O3S2/c1-2-14-6-5-7-15(12-14)20-19(26)21-17-13-16(8-9-18(17)23)27(24,25)22-10-3-4-11-22/h5-9,12-13,23H,2-4,10-11H2,1H3,(H2,20,21,26). The number of hydrogen-bond acceptors (Lipinski definition) is 4. The van der Waals surface area contributed by atoms with Gasteiger partial charge in [0.25, 0.3) is 0 Å². The van der Waals surface area contributed by atoms with Crippen molar-refractivity contribution in [2.75, 3.05) is 23.7 Å². The second-order valence-electron chi connectivity index (χ2n) is 6.42. The van der Waals surface area contributed by atoms with Gasteiger partial charge in [0.15, 0.2) is 5.11 Å². The van der Waals surface area contributed by atoms with Gasteiger partial charge in [0.05, 0.1) is 10.6 Å². The monoisotopic (exact) mass is 405 g/mol. The van der Waals surface area contributed by atoms with Gasteiger partial charge in [-0.05, 0) is 67.4 Å². The number of aromatic hydroxyl groups is 1. The minimum absolute atomic E-state index is 0.0677. The summed E-state index contributed by atoms with van der Waals surface area (Å²) in [5.41, 5.74) is 2.25. The predicted molar refractivity (Wildman–Crippen MR) is 112 cm³/mol. The third kappa shape index (κ3) is 4.58. The van der Waals surface area contributed by atoms with Gasteiger partial charge in [-0.15, -0.1) is 0 Å². The normalized spacial score (nSPS) is 14.9. The lowest BCUT2D eigenvalue weighted by Gasteiger charge is -2.17. The Bertz CT molecular complexity index is 939. The lowest BCUT2D eigenvalue weighted by molar-refractivity contribution is 0.473. The number of sulfonamides is 1. The van der Waals surface area contributed by atoms with Gasteiger partial charge in [0.2, 0.25) is 10.0 Å². The van der Waals surface area contributed by atoms with E-state index in [9.17, 15) is 13.5 Å². The lowest BCUT2D eigenvalue weighted by atomic mass is 10.1. The minimum Gasteiger partial charge on any atom is -0.506 e. The zero-order chi connectivity index (χ0) is 19.4. The van der Waals surface area contributed by atoms with Crippen LogP contribution in [0.3, 0.4) is 0 Å². The van der Waals surface area contributed by atoms with E-state index in [-0.39, 0.29) is 21.4 Å². The fourth-order valence-corrected chi connectivity index (χ4v) is 4.78. The Morgan fingerprint density at radius 1 is 1.15 bits per heavy atom. The summed E-state index contributed by atoms with van der Waals surface area (Å²) in [7, 11) is -3.56. The maximum atomic E-state index is 12.7. The molecule has 1 aliphatic rings. The summed E-state index contributed by atoms with van der Waals surface area (Å²) in [5.74, 6) is -0.0677. The fourth-order valence-electron chi connectivity index (χ4n) is 3.01. The van der Waals surface area contributed by atoms with Crippen LogP contribution >= 0.6 is 12.2 Å². The summed E-state index contributed by atoms with van der Waals surface area (Å²) < 4.78 is 26.9. The highest BCUT2D eigenvalue weighted by molar-refractivity contribution is 7.89. The van der Waals surface area contributed by atoms with Crippen LogP contribution in [0.15, 0.2) is 47.4 Å². The zero-order valence-electron chi connectivity index (χ0n) is 15.1. The number of rotatable bonds is 5. The van der Waals surface area contributed by atoms with Crippen LogP contribution in [0.5, 0.6) is 5.75 Å². The molecule has 0 amide bonds. The third-order valence-electron chi connectivity index (χ3n) is 4.51. The Labute approximate surface area is 165 Å². The summed E-state index contributed by atoms with van der Waals surface area (Å²) in [6.07, 6.45) is 2.65. The second kappa shape index (κ2) is 8.24. The number of phenols is 1. The molecule has 1 saturated heterocycles. The van der Waals surface area contributed by atoms with Gasteiger partial charge in [-0.25, -0.2) is 8.42 Å². The molecular weight excluding hydrogens is 382 g/mol. The Kier molecular flexibility index (Phi) is 5.98. The van der Waals surface area contributed by atoms with Crippen molar-refractivity contribution >= 4 is 38.7 Å². The van der Waals surface area contributed by atoms with Crippen molar-refractivity contribution in [3.05, 3.63) is 48.0 Å². The van der Waals surface area contributed by atoms with Crippen molar-refractivity contribution in [1.29, 1.82) is 0 Å². The molecule has 0 unspecified atom stereocenters. The second-order valence-corrected chi connectivity index (χ2v) is 8.77. The van der Waals surface area contributed by atoms with Crippen LogP contribution in [0.1, 0.15) is 25.3 Å². The molecule has 2 aromatic carbocycles. The number of hydrogen-bond donors (Lipinski definition) is 3. The number of nitrogens with zero attached hydrogens (tertiary/aromatic N) is 1. The lowest BCUT2D eigenvalue weighted by Crippen LogP contribution is -2.28. The molecule has 1 heterocycles. The minimum atomic E-state index is -3.56.